The van der Waals surface area contributed by atoms with E-state index in [1.54, 1.807) is 0 Å². The van der Waals surface area contributed by atoms with Crippen LogP contribution in [-0.2, 0) is 15.8 Å². The summed E-state index contributed by atoms with van der Waals surface area (Å²) in [5, 5.41) is 5.02. The summed E-state index contributed by atoms with van der Waals surface area (Å²) in [5.41, 5.74) is 0.172. The van der Waals surface area contributed by atoms with Gasteiger partial charge in [0, 0.05) is 18.4 Å². The second-order valence-corrected chi connectivity index (χ2v) is 6.29. The minimum atomic E-state index is -4.48. The third-order valence-electron chi connectivity index (χ3n) is 3.97. The van der Waals surface area contributed by atoms with Gasteiger partial charge in [0.2, 0.25) is 6.17 Å². The number of aldehydes is 1. The van der Waals surface area contributed by atoms with Gasteiger partial charge in [-0.3, -0.25) is 9.59 Å². The molecule has 1 unspecified atom stereocenters. The highest BCUT2D eigenvalue weighted by molar-refractivity contribution is 6.03. The Bertz CT molecular complexity index is 993. The van der Waals surface area contributed by atoms with E-state index in [2.05, 4.69) is 5.32 Å². The lowest BCUT2D eigenvalue weighted by molar-refractivity contribution is -0.137. The first-order valence-electron chi connectivity index (χ1n) is 9.31. The average molecular weight is 448 g/mol. The number of amides is 1. The Hall–Kier alpha value is -3.88. The number of halogens is 4. The largest absolute Gasteiger partial charge is 0.457 e. The Balaban J connectivity index is 0.000000228. The summed E-state index contributed by atoms with van der Waals surface area (Å²) in [7, 11) is 1.90. The Kier molecular flexibility index (Phi) is 8.76. The van der Waals surface area contributed by atoms with E-state index in [1.807, 2.05) is 67.0 Å². The van der Waals surface area contributed by atoms with Gasteiger partial charge >= 0.3 is 6.18 Å². The number of benzene rings is 3. The maximum absolute atomic E-state index is 12.5. The van der Waals surface area contributed by atoms with Crippen LogP contribution in [0.2, 0.25) is 0 Å². The molecule has 9 heteroatoms. The quantitative estimate of drug-likeness (QED) is 0.288. The lowest BCUT2D eigenvalue weighted by atomic mass is 10.2. The molecule has 0 bridgehead atoms. The SMILES string of the molecule is CNc1ccc(Oc2ccccc2)cc1.O=CC(F)C(=O)Nc1ccc(C(F)(F)F)cc1. The number of para-hydroxylation sites is 1. The van der Waals surface area contributed by atoms with Crippen LogP contribution in [0.15, 0.2) is 78.9 Å². The van der Waals surface area contributed by atoms with E-state index in [1.165, 1.54) is 0 Å². The molecule has 5 nitrogen and oxygen atoms in total. The number of rotatable bonds is 6. The monoisotopic (exact) mass is 448 g/mol. The number of carbonyl (C=O) groups excluding carboxylic acids is 2. The highest BCUT2D eigenvalue weighted by Gasteiger charge is 2.30. The molecule has 0 fully saturated rings. The first-order valence-corrected chi connectivity index (χ1v) is 9.31. The molecular formula is C23H20F4N2O3. The number of hydrogen-bond acceptors (Lipinski definition) is 4. The number of nitrogens with one attached hydrogen (secondary N) is 2. The van der Waals surface area contributed by atoms with Crippen LogP contribution < -0.4 is 15.4 Å². The molecule has 1 atom stereocenters. The molecule has 0 spiro atoms. The van der Waals surface area contributed by atoms with Crippen molar-refractivity contribution in [1.29, 1.82) is 0 Å². The third kappa shape index (κ3) is 7.75. The molecule has 3 rings (SSSR count). The molecule has 1 amide bonds. The summed E-state index contributed by atoms with van der Waals surface area (Å²) in [5.74, 6) is 0.481. The van der Waals surface area contributed by atoms with E-state index in [4.69, 9.17) is 4.74 Å². The van der Waals surface area contributed by atoms with E-state index in [0.717, 1.165) is 41.5 Å². The van der Waals surface area contributed by atoms with Crippen LogP contribution in [0.3, 0.4) is 0 Å². The summed E-state index contributed by atoms with van der Waals surface area (Å²) >= 11 is 0. The van der Waals surface area contributed by atoms with Gasteiger partial charge in [-0.05, 0) is 60.7 Å². The number of anilines is 2. The Morgan fingerprint density at radius 3 is 1.91 bits per heavy atom. The fourth-order valence-electron chi connectivity index (χ4n) is 2.33. The lowest BCUT2D eigenvalue weighted by Crippen LogP contribution is -2.25. The summed E-state index contributed by atoms with van der Waals surface area (Å²) in [4.78, 5) is 20.8. The van der Waals surface area contributed by atoms with Crippen molar-refractivity contribution in [2.45, 2.75) is 12.3 Å². The first-order chi connectivity index (χ1) is 15.2. The average Bonchev–Trinajstić information content (AvgIpc) is 2.80. The summed E-state index contributed by atoms with van der Waals surface area (Å²) in [6.45, 7) is 0. The van der Waals surface area contributed by atoms with Gasteiger partial charge in [0.05, 0.1) is 5.56 Å². The standard InChI is InChI=1S/C13H13NO.C10H7F4NO2/c1-14-11-7-9-13(10-8-11)15-12-5-3-2-4-6-12;11-8(5-16)9(17)15-7-3-1-6(2-4-7)10(12,13)14/h2-10,14H,1H3;1-5,8H,(H,15,17). The van der Waals surface area contributed by atoms with E-state index < -0.39 is 23.8 Å². The van der Waals surface area contributed by atoms with Crippen LogP contribution in [0.1, 0.15) is 5.56 Å². The van der Waals surface area contributed by atoms with Gasteiger partial charge in [0.15, 0.2) is 6.29 Å². The minimum Gasteiger partial charge on any atom is -0.457 e. The molecule has 2 N–H and O–H groups in total. The van der Waals surface area contributed by atoms with Gasteiger partial charge in [-0.1, -0.05) is 18.2 Å². The van der Waals surface area contributed by atoms with E-state index in [0.29, 0.717) is 0 Å². The Morgan fingerprint density at radius 2 is 1.41 bits per heavy atom. The van der Waals surface area contributed by atoms with Gasteiger partial charge < -0.3 is 15.4 Å². The zero-order chi connectivity index (χ0) is 23.6. The van der Waals surface area contributed by atoms with Gasteiger partial charge in [0.1, 0.15) is 11.5 Å². The van der Waals surface area contributed by atoms with Crippen molar-refractivity contribution in [3.63, 3.8) is 0 Å². The number of alkyl halides is 4. The van der Waals surface area contributed by atoms with Crippen molar-refractivity contribution in [3.05, 3.63) is 84.4 Å². The molecule has 3 aromatic carbocycles. The molecule has 3 aromatic rings. The van der Waals surface area contributed by atoms with Crippen molar-refractivity contribution in [2.24, 2.45) is 0 Å². The molecule has 0 aliphatic rings. The van der Waals surface area contributed by atoms with Gasteiger partial charge in [0.25, 0.3) is 5.91 Å². The molecule has 0 heterocycles. The first kappa shape index (κ1) is 24.4. The lowest BCUT2D eigenvalue weighted by Gasteiger charge is -2.08. The zero-order valence-electron chi connectivity index (χ0n) is 16.9. The second-order valence-electron chi connectivity index (χ2n) is 6.29. The highest BCUT2D eigenvalue weighted by atomic mass is 19.4. The van der Waals surface area contributed by atoms with Crippen LogP contribution in [-0.4, -0.2) is 25.4 Å². The summed E-state index contributed by atoms with van der Waals surface area (Å²) in [6.07, 6.45) is -7.02. The van der Waals surface area contributed by atoms with Gasteiger partial charge in [-0.2, -0.15) is 13.2 Å². The van der Waals surface area contributed by atoms with Crippen LogP contribution in [0.5, 0.6) is 11.5 Å². The predicted octanol–water partition coefficient (Wildman–Crippen LogP) is 5.70. The summed E-state index contributed by atoms with van der Waals surface area (Å²) < 4.78 is 54.7. The molecule has 0 radical (unpaired) electrons. The molecule has 0 aliphatic heterocycles. The topological polar surface area (TPSA) is 67.4 Å². The molecule has 0 aliphatic carbocycles. The van der Waals surface area contributed by atoms with E-state index in [-0.39, 0.29) is 12.0 Å². The normalized spacial score (nSPS) is 11.4. The van der Waals surface area contributed by atoms with Gasteiger partial charge in [-0.25, -0.2) is 4.39 Å². The van der Waals surface area contributed by atoms with Crippen molar-refractivity contribution in [1.82, 2.24) is 0 Å². The summed E-state index contributed by atoms with van der Waals surface area (Å²) in [6, 6.07) is 21.0. The van der Waals surface area contributed by atoms with Crippen LogP contribution in [0, 0.1) is 0 Å². The Morgan fingerprint density at radius 1 is 0.875 bits per heavy atom. The molecule has 32 heavy (non-hydrogen) atoms. The smallest absolute Gasteiger partial charge is 0.416 e. The van der Waals surface area contributed by atoms with Crippen LogP contribution in [0.4, 0.5) is 28.9 Å². The molecule has 0 saturated heterocycles. The molecule has 0 aromatic heterocycles. The van der Waals surface area contributed by atoms with E-state index in [9.17, 15) is 27.2 Å². The van der Waals surface area contributed by atoms with Crippen molar-refractivity contribution < 1.29 is 31.9 Å². The van der Waals surface area contributed by atoms with Gasteiger partial charge in [-0.15, -0.1) is 0 Å². The fraction of sp³-hybridized carbons (Fsp3) is 0.130. The molecule has 0 saturated carbocycles. The maximum atomic E-state index is 12.5. The number of hydrogen-bond donors (Lipinski definition) is 2. The van der Waals surface area contributed by atoms with Crippen LogP contribution in [0.25, 0.3) is 0 Å². The fourth-order valence-corrected chi connectivity index (χ4v) is 2.33. The molecular weight excluding hydrogens is 428 g/mol. The van der Waals surface area contributed by atoms with Crippen molar-refractivity contribution in [3.8, 4) is 11.5 Å². The maximum Gasteiger partial charge on any atom is 0.416 e. The van der Waals surface area contributed by atoms with E-state index >= 15 is 0 Å². The molecule has 168 valence electrons. The van der Waals surface area contributed by atoms with Crippen LogP contribution >= 0.6 is 0 Å². The highest BCUT2D eigenvalue weighted by Crippen LogP contribution is 2.29. The third-order valence-corrected chi connectivity index (χ3v) is 3.97. The second kappa shape index (κ2) is 11.5. The van der Waals surface area contributed by atoms with Crippen molar-refractivity contribution >= 4 is 23.6 Å². The number of ether oxygens (including phenoxy) is 1. The zero-order valence-corrected chi connectivity index (χ0v) is 16.9. The van der Waals surface area contributed by atoms with Crippen molar-refractivity contribution in [2.75, 3.05) is 17.7 Å². The predicted molar refractivity (Wildman–Crippen MR) is 114 cm³/mol. The Labute approximate surface area is 182 Å². The number of carbonyl (C=O) groups is 2. The minimum absolute atomic E-state index is 0.0208.